The second-order valence-corrected chi connectivity index (χ2v) is 14.0. The zero-order valence-corrected chi connectivity index (χ0v) is 24.4. The molecular weight excluding hydrogens is 593 g/mol. The highest BCUT2D eigenvalue weighted by Crippen LogP contribution is 2.34. The topological polar surface area (TPSA) is 126 Å². The standard InChI is InChI=1S/C27H27Cl2N5O4S2/c28-21-8-6-20(7-9-21)27-25(19-4-2-1-3-5-19)17-34(32-27)26-16-24(39(30,35)36)14-15-33(26)18-31-40(37,38)23-12-10-22(29)11-13-23/h1-13,18,24-26H,14-17H2,(H2,30,35,36). The van der Waals surface area contributed by atoms with Crippen LogP contribution in [0.25, 0.3) is 0 Å². The highest BCUT2D eigenvalue weighted by atomic mass is 35.5. The second kappa shape index (κ2) is 11.5. The van der Waals surface area contributed by atoms with Gasteiger partial charge in [0.25, 0.3) is 10.0 Å². The average Bonchev–Trinajstić information content (AvgIpc) is 3.38. The molecule has 1 saturated heterocycles. The third-order valence-corrected chi connectivity index (χ3v) is 10.2. The zero-order valence-electron chi connectivity index (χ0n) is 21.2. The Hall–Kier alpha value is -2.96. The number of hydrogen-bond donors (Lipinski definition) is 1. The van der Waals surface area contributed by atoms with Crippen molar-refractivity contribution < 1.29 is 16.8 Å². The monoisotopic (exact) mass is 619 g/mol. The molecule has 5 rings (SSSR count). The van der Waals surface area contributed by atoms with Crippen molar-refractivity contribution in [2.75, 3.05) is 13.1 Å². The number of hydrogen-bond acceptors (Lipinski definition) is 6. The van der Waals surface area contributed by atoms with Gasteiger partial charge in [-0.05, 0) is 53.9 Å². The number of rotatable bonds is 7. The molecule has 0 radical (unpaired) electrons. The van der Waals surface area contributed by atoms with Crippen LogP contribution in [0.1, 0.15) is 29.9 Å². The highest BCUT2D eigenvalue weighted by molar-refractivity contribution is 7.90. The second-order valence-electron chi connectivity index (χ2n) is 9.68. The number of piperidine rings is 1. The summed E-state index contributed by atoms with van der Waals surface area (Å²) in [5.74, 6) is -0.117. The van der Waals surface area contributed by atoms with Gasteiger partial charge >= 0.3 is 0 Å². The number of sulfonamides is 2. The maximum Gasteiger partial charge on any atom is 0.283 e. The Balaban J connectivity index is 1.50. The van der Waals surface area contributed by atoms with E-state index < -0.39 is 31.5 Å². The van der Waals surface area contributed by atoms with E-state index >= 15 is 0 Å². The van der Waals surface area contributed by atoms with Crippen LogP contribution in [0.2, 0.25) is 10.0 Å². The first-order valence-electron chi connectivity index (χ1n) is 12.5. The zero-order chi connectivity index (χ0) is 28.5. The molecule has 0 aromatic heterocycles. The molecule has 13 heteroatoms. The summed E-state index contributed by atoms with van der Waals surface area (Å²) in [6, 6.07) is 23.0. The predicted octanol–water partition coefficient (Wildman–Crippen LogP) is 4.29. The molecule has 210 valence electrons. The Kier molecular flexibility index (Phi) is 8.21. The van der Waals surface area contributed by atoms with Crippen LogP contribution in [0.5, 0.6) is 0 Å². The third-order valence-electron chi connectivity index (χ3n) is 7.10. The minimum atomic E-state index is -4.02. The molecule has 0 saturated carbocycles. The molecule has 0 spiro atoms. The van der Waals surface area contributed by atoms with E-state index in [0.717, 1.165) is 16.8 Å². The third kappa shape index (κ3) is 6.34. The van der Waals surface area contributed by atoms with Crippen LogP contribution in [0, 0.1) is 0 Å². The quantitative estimate of drug-likeness (QED) is 0.310. The molecule has 9 nitrogen and oxygen atoms in total. The molecule has 3 aromatic rings. The molecule has 2 heterocycles. The number of likely N-dealkylation sites (tertiary alicyclic amines) is 1. The lowest BCUT2D eigenvalue weighted by atomic mass is 9.90. The van der Waals surface area contributed by atoms with E-state index in [0.29, 0.717) is 16.6 Å². The van der Waals surface area contributed by atoms with Gasteiger partial charge in [0.05, 0.1) is 22.4 Å². The van der Waals surface area contributed by atoms with E-state index in [4.69, 9.17) is 33.4 Å². The normalized spacial score (nSPS) is 22.1. The summed E-state index contributed by atoms with van der Waals surface area (Å²) in [5.41, 5.74) is 2.72. The van der Waals surface area contributed by atoms with E-state index in [1.807, 2.05) is 42.5 Å². The number of benzene rings is 3. The highest BCUT2D eigenvalue weighted by Gasteiger charge is 2.40. The predicted molar refractivity (Wildman–Crippen MR) is 158 cm³/mol. The Morgan fingerprint density at radius 3 is 2.15 bits per heavy atom. The largest absolute Gasteiger partial charge is 0.340 e. The van der Waals surface area contributed by atoms with Gasteiger partial charge in [-0.15, -0.1) is 4.40 Å². The molecule has 3 atom stereocenters. The summed E-state index contributed by atoms with van der Waals surface area (Å²) >= 11 is 12.0. The van der Waals surface area contributed by atoms with E-state index in [1.165, 1.54) is 30.6 Å². The fourth-order valence-corrected chi connectivity index (χ4v) is 6.96. The first-order valence-corrected chi connectivity index (χ1v) is 16.3. The van der Waals surface area contributed by atoms with Gasteiger partial charge in [0, 0.05) is 28.9 Å². The number of nitrogens with zero attached hydrogens (tertiary/aromatic N) is 4. The lowest BCUT2D eigenvalue weighted by Crippen LogP contribution is -2.53. The maximum atomic E-state index is 12.9. The van der Waals surface area contributed by atoms with Crippen LogP contribution in [-0.2, 0) is 20.0 Å². The van der Waals surface area contributed by atoms with Crippen LogP contribution < -0.4 is 5.14 Å². The maximum absolute atomic E-state index is 12.9. The molecule has 0 amide bonds. The Morgan fingerprint density at radius 1 is 0.900 bits per heavy atom. The van der Waals surface area contributed by atoms with Crippen LogP contribution in [-0.4, -0.2) is 63.3 Å². The lowest BCUT2D eigenvalue weighted by molar-refractivity contribution is 0.0762. The minimum Gasteiger partial charge on any atom is -0.340 e. The van der Waals surface area contributed by atoms with Crippen molar-refractivity contribution in [3.05, 3.63) is 100 Å². The average molecular weight is 621 g/mol. The summed E-state index contributed by atoms with van der Waals surface area (Å²) in [6.07, 6.45) is 1.01. The van der Waals surface area contributed by atoms with E-state index in [2.05, 4.69) is 4.40 Å². The lowest BCUT2D eigenvalue weighted by Gasteiger charge is -2.41. The van der Waals surface area contributed by atoms with Gasteiger partial charge in [0.15, 0.2) is 0 Å². The van der Waals surface area contributed by atoms with Gasteiger partial charge in [-0.3, -0.25) is 5.01 Å². The number of primary sulfonamides is 1. The number of halogens is 2. The molecule has 0 bridgehead atoms. The summed E-state index contributed by atoms with van der Waals surface area (Å²) in [6.45, 7) is 0.669. The van der Waals surface area contributed by atoms with Crippen molar-refractivity contribution in [1.82, 2.24) is 9.91 Å². The minimum absolute atomic E-state index is 0.00233. The van der Waals surface area contributed by atoms with Crippen molar-refractivity contribution in [2.45, 2.75) is 35.1 Å². The van der Waals surface area contributed by atoms with Crippen molar-refractivity contribution >= 4 is 55.3 Å². The van der Waals surface area contributed by atoms with Crippen LogP contribution >= 0.6 is 23.2 Å². The Bertz CT molecular complexity index is 1630. The van der Waals surface area contributed by atoms with Crippen molar-refractivity contribution in [1.29, 1.82) is 0 Å². The summed E-state index contributed by atoms with van der Waals surface area (Å²) in [4.78, 5) is 1.71. The van der Waals surface area contributed by atoms with Crippen LogP contribution in [0.3, 0.4) is 0 Å². The Labute approximate surface area is 244 Å². The number of hydrazone groups is 1. The SMILES string of the molecule is NS(=O)(=O)C1CCN(C=NS(=O)(=O)c2ccc(Cl)cc2)C(N2CC(c3ccccc3)C(c3ccc(Cl)cc3)=N2)C1. The first kappa shape index (κ1) is 28.6. The molecule has 2 aliphatic rings. The summed E-state index contributed by atoms with van der Waals surface area (Å²) in [7, 11) is -7.85. The van der Waals surface area contributed by atoms with Gasteiger partial charge in [-0.25, -0.2) is 13.6 Å². The van der Waals surface area contributed by atoms with Crippen molar-refractivity contribution in [3.63, 3.8) is 0 Å². The van der Waals surface area contributed by atoms with Crippen LogP contribution in [0.4, 0.5) is 0 Å². The molecule has 3 aromatic carbocycles. The fraction of sp³-hybridized carbons (Fsp3) is 0.259. The van der Waals surface area contributed by atoms with E-state index in [-0.39, 0.29) is 30.2 Å². The molecule has 2 aliphatic heterocycles. The first-order chi connectivity index (χ1) is 19.0. The smallest absolute Gasteiger partial charge is 0.283 e. The van der Waals surface area contributed by atoms with E-state index in [1.54, 1.807) is 22.0 Å². The van der Waals surface area contributed by atoms with Crippen LogP contribution in [0.15, 0.2) is 93.3 Å². The molecular formula is C27H27Cl2N5O4S2. The van der Waals surface area contributed by atoms with Gasteiger partial charge < -0.3 is 4.90 Å². The van der Waals surface area contributed by atoms with Gasteiger partial charge in [0.1, 0.15) is 12.5 Å². The van der Waals surface area contributed by atoms with Crippen molar-refractivity contribution in [2.24, 2.45) is 14.6 Å². The Morgan fingerprint density at radius 2 is 1.52 bits per heavy atom. The molecule has 0 aliphatic carbocycles. The van der Waals surface area contributed by atoms with Gasteiger partial charge in [-0.2, -0.15) is 13.5 Å². The fourth-order valence-electron chi connectivity index (χ4n) is 4.99. The summed E-state index contributed by atoms with van der Waals surface area (Å²) < 4.78 is 54.4. The molecule has 2 N–H and O–H groups in total. The number of nitrogens with two attached hydrogens (primary N) is 1. The van der Waals surface area contributed by atoms with Gasteiger partial charge in [0.2, 0.25) is 10.0 Å². The molecule has 3 unspecified atom stereocenters. The molecule has 40 heavy (non-hydrogen) atoms. The summed E-state index contributed by atoms with van der Waals surface area (Å²) in [5, 5.41) is 12.5. The molecule has 1 fully saturated rings. The van der Waals surface area contributed by atoms with Crippen molar-refractivity contribution in [3.8, 4) is 0 Å². The van der Waals surface area contributed by atoms with Gasteiger partial charge in [-0.1, -0.05) is 65.7 Å². The van der Waals surface area contributed by atoms with E-state index in [9.17, 15) is 16.8 Å².